The SMILES string of the molecule is CC(C)(C)c1ccc(NS(=O)(=[OH+])c2ccc(C(C)(C)C)cc2)cc1. The van der Waals surface area contributed by atoms with E-state index in [4.69, 9.17) is 0 Å². The summed E-state index contributed by atoms with van der Waals surface area (Å²) in [6, 6.07) is 14.9. The second-order valence-electron chi connectivity index (χ2n) is 8.23. The molecule has 1 atom stereocenters. The van der Waals surface area contributed by atoms with E-state index in [1.807, 2.05) is 36.4 Å². The van der Waals surface area contributed by atoms with Crippen LogP contribution in [0.3, 0.4) is 0 Å². The van der Waals surface area contributed by atoms with Crippen molar-refractivity contribution in [3.05, 3.63) is 59.7 Å². The van der Waals surface area contributed by atoms with Gasteiger partial charge in [0.05, 0.1) is 5.69 Å². The molecular formula is C20H28NO2S+. The molecule has 0 spiro atoms. The maximum atomic E-state index is 12.6. The maximum Gasteiger partial charge on any atom is 0.396 e. The summed E-state index contributed by atoms with van der Waals surface area (Å²) in [5.74, 6) is 0. The molecule has 24 heavy (non-hydrogen) atoms. The highest BCUT2D eigenvalue weighted by atomic mass is 32.2. The van der Waals surface area contributed by atoms with E-state index in [0.29, 0.717) is 10.6 Å². The molecule has 0 fully saturated rings. The summed E-state index contributed by atoms with van der Waals surface area (Å²) in [6.07, 6.45) is 0. The largest absolute Gasteiger partial charge is 0.396 e. The maximum absolute atomic E-state index is 12.6. The average Bonchev–Trinajstić information content (AvgIpc) is 2.46. The van der Waals surface area contributed by atoms with Crippen LogP contribution in [0.5, 0.6) is 0 Å². The molecule has 130 valence electrons. The van der Waals surface area contributed by atoms with Crippen molar-refractivity contribution in [2.24, 2.45) is 0 Å². The fourth-order valence-corrected chi connectivity index (χ4v) is 3.47. The molecule has 0 aliphatic carbocycles. The Labute approximate surface area is 146 Å². The van der Waals surface area contributed by atoms with Crippen LogP contribution in [0, 0.1) is 0 Å². The van der Waals surface area contributed by atoms with Gasteiger partial charge in [0.1, 0.15) is 4.90 Å². The quantitative estimate of drug-likeness (QED) is 0.759. The summed E-state index contributed by atoms with van der Waals surface area (Å²) in [5, 5.41) is 0. The van der Waals surface area contributed by atoms with Gasteiger partial charge in [-0.1, -0.05) is 65.8 Å². The molecule has 2 aromatic rings. The predicted octanol–water partition coefficient (Wildman–Crippen LogP) is 5.24. The highest BCUT2D eigenvalue weighted by molar-refractivity contribution is 7.92. The highest BCUT2D eigenvalue weighted by Gasteiger charge is 2.22. The lowest BCUT2D eigenvalue weighted by Crippen LogP contribution is -2.15. The third kappa shape index (κ3) is 4.38. The Kier molecular flexibility index (Phi) is 4.82. The van der Waals surface area contributed by atoms with Crippen molar-refractivity contribution >= 4 is 15.7 Å². The van der Waals surface area contributed by atoms with Crippen LogP contribution >= 0.6 is 0 Å². The van der Waals surface area contributed by atoms with Gasteiger partial charge in [0.25, 0.3) is 0 Å². The third-order valence-electron chi connectivity index (χ3n) is 4.05. The Morgan fingerprint density at radius 2 is 1.12 bits per heavy atom. The number of rotatable bonds is 3. The second kappa shape index (κ2) is 6.25. The molecule has 3 nitrogen and oxygen atoms in total. The molecule has 2 N–H and O–H groups in total. The van der Waals surface area contributed by atoms with Crippen molar-refractivity contribution in [1.29, 1.82) is 0 Å². The molecule has 0 aliphatic heterocycles. The average molecular weight is 347 g/mol. The lowest BCUT2D eigenvalue weighted by Gasteiger charge is -2.19. The van der Waals surface area contributed by atoms with E-state index in [2.05, 4.69) is 46.3 Å². The Balaban J connectivity index is 2.22. The van der Waals surface area contributed by atoms with Crippen LogP contribution in [-0.4, -0.2) is 8.42 Å². The van der Waals surface area contributed by atoms with Gasteiger partial charge in [-0.25, -0.2) is 8.93 Å². The molecule has 0 heterocycles. The van der Waals surface area contributed by atoms with E-state index in [9.17, 15) is 8.42 Å². The summed E-state index contributed by atoms with van der Waals surface area (Å²) in [4.78, 5) is 0.385. The molecule has 0 bridgehead atoms. The molecule has 0 aromatic heterocycles. The van der Waals surface area contributed by atoms with Crippen molar-refractivity contribution < 1.29 is 8.42 Å². The molecule has 0 aliphatic rings. The molecular weight excluding hydrogens is 318 g/mol. The summed E-state index contributed by atoms with van der Waals surface area (Å²) in [7, 11) is -3.32. The first-order valence-electron chi connectivity index (χ1n) is 8.15. The molecule has 0 radical (unpaired) electrons. The van der Waals surface area contributed by atoms with Gasteiger partial charge in [-0.05, 0) is 46.2 Å². The minimum atomic E-state index is -3.32. The zero-order chi connectivity index (χ0) is 18.2. The molecule has 1 unspecified atom stereocenters. The highest BCUT2D eigenvalue weighted by Crippen LogP contribution is 2.26. The van der Waals surface area contributed by atoms with Crippen molar-refractivity contribution in [1.82, 2.24) is 0 Å². The topological polar surface area (TPSA) is 50.5 Å². The van der Waals surface area contributed by atoms with Crippen LogP contribution < -0.4 is 4.72 Å². The summed E-state index contributed by atoms with van der Waals surface area (Å²) in [5.41, 5.74) is 3.03. The molecule has 0 saturated carbocycles. The second-order valence-corrected chi connectivity index (χ2v) is 9.96. The third-order valence-corrected chi connectivity index (χ3v) is 5.47. The monoisotopic (exact) mass is 346 g/mol. The van der Waals surface area contributed by atoms with E-state index in [-0.39, 0.29) is 10.8 Å². The van der Waals surface area contributed by atoms with Crippen molar-refractivity contribution in [2.75, 3.05) is 4.72 Å². The Hall–Kier alpha value is -1.81. The first kappa shape index (κ1) is 18.5. The smallest absolute Gasteiger partial charge is 0.239 e. The number of anilines is 1. The van der Waals surface area contributed by atoms with Gasteiger partial charge in [0.15, 0.2) is 0 Å². The fourth-order valence-electron chi connectivity index (χ4n) is 2.40. The van der Waals surface area contributed by atoms with E-state index in [1.54, 1.807) is 12.1 Å². The van der Waals surface area contributed by atoms with Gasteiger partial charge in [-0.2, -0.15) is 4.21 Å². The molecule has 2 aromatic carbocycles. The minimum Gasteiger partial charge on any atom is -0.239 e. The Morgan fingerprint density at radius 1 is 0.750 bits per heavy atom. The zero-order valence-electron chi connectivity index (χ0n) is 15.4. The zero-order valence-corrected chi connectivity index (χ0v) is 16.2. The number of benzene rings is 2. The van der Waals surface area contributed by atoms with Crippen LogP contribution in [0.15, 0.2) is 53.4 Å². The van der Waals surface area contributed by atoms with Crippen LogP contribution in [0.25, 0.3) is 0 Å². The van der Waals surface area contributed by atoms with Gasteiger partial charge in [0.2, 0.25) is 0 Å². The van der Waals surface area contributed by atoms with E-state index in [0.717, 1.165) is 5.56 Å². The lowest BCUT2D eigenvalue weighted by atomic mass is 9.87. The van der Waals surface area contributed by atoms with Crippen LogP contribution in [0.4, 0.5) is 5.69 Å². The number of hydrogen-bond acceptors (Lipinski definition) is 1. The van der Waals surface area contributed by atoms with Crippen molar-refractivity contribution in [3.8, 4) is 0 Å². The molecule has 0 amide bonds. The summed E-state index contributed by atoms with van der Waals surface area (Å²) in [6.45, 7) is 12.8. The van der Waals surface area contributed by atoms with Crippen LogP contribution in [0.2, 0.25) is 0 Å². The van der Waals surface area contributed by atoms with Gasteiger partial charge in [-0.3, -0.25) is 0 Å². The van der Waals surface area contributed by atoms with Gasteiger partial charge >= 0.3 is 10.0 Å². The minimum absolute atomic E-state index is 0.0189. The fraction of sp³-hybridized carbons (Fsp3) is 0.400. The Bertz CT molecular complexity index is 791. The first-order chi connectivity index (χ1) is 10.9. The van der Waals surface area contributed by atoms with E-state index < -0.39 is 10.0 Å². The standard InChI is InChI=1S/C20H27NO2S/c1-19(2,3)15-7-11-17(12-8-15)21-24(22,23)18-13-9-16(10-14-18)20(4,5)6/h7-14H,1-6H3,(H,21,22,23)/p+1. The van der Waals surface area contributed by atoms with Crippen molar-refractivity contribution in [2.45, 2.75) is 57.3 Å². The normalized spacial score (nSPS) is 14.9. The lowest BCUT2D eigenvalue weighted by molar-refractivity contribution is 0.588. The van der Waals surface area contributed by atoms with E-state index >= 15 is 0 Å². The van der Waals surface area contributed by atoms with Crippen LogP contribution in [-0.2, 0) is 20.9 Å². The van der Waals surface area contributed by atoms with Gasteiger partial charge in [-0.15, -0.1) is 0 Å². The summed E-state index contributed by atoms with van der Waals surface area (Å²) >= 11 is 0. The predicted molar refractivity (Wildman–Crippen MR) is 102 cm³/mol. The number of nitrogens with one attached hydrogen (secondary N) is 1. The van der Waals surface area contributed by atoms with E-state index in [1.165, 1.54) is 5.56 Å². The summed E-state index contributed by atoms with van der Waals surface area (Å²) < 4.78 is 25.8. The van der Waals surface area contributed by atoms with Gasteiger partial charge < -0.3 is 0 Å². The molecule has 2 rings (SSSR count). The number of hydrogen-bond donors (Lipinski definition) is 1. The molecule has 4 heteroatoms. The molecule has 0 saturated heterocycles. The van der Waals surface area contributed by atoms with Crippen molar-refractivity contribution in [3.63, 3.8) is 0 Å². The first-order valence-corrected chi connectivity index (χ1v) is 9.67. The Morgan fingerprint density at radius 3 is 1.50 bits per heavy atom. The van der Waals surface area contributed by atoms with Gasteiger partial charge in [0, 0.05) is 0 Å². The van der Waals surface area contributed by atoms with Crippen LogP contribution in [0.1, 0.15) is 52.7 Å².